The minimum Gasteiger partial charge on any atom is -0.461 e. The van der Waals surface area contributed by atoms with Crippen LogP contribution in [0.2, 0.25) is 5.02 Å². The molecule has 5 nitrogen and oxygen atoms in total. The van der Waals surface area contributed by atoms with Crippen LogP contribution in [-0.2, 0) is 16.9 Å². The Balaban J connectivity index is 1.68. The molecule has 6 heteroatoms. The van der Waals surface area contributed by atoms with Crippen molar-refractivity contribution in [1.29, 1.82) is 0 Å². The van der Waals surface area contributed by atoms with E-state index in [1.165, 1.54) is 17.2 Å². The molecular weight excluding hydrogens is 366 g/mol. The number of benzene rings is 2. The lowest BCUT2D eigenvalue weighted by atomic mass is 9.89. The molecular formula is C21H16ClNO4. The van der Waals surface area contributed by atoms with E-state index in [1.54, 1.807) is 42.5 Å². The topological polar surface area (TPSA) is 70.8 Å². The average Bonchev–Trinajstić information content (AvgIpc) is 3.27. The summed E-state index contributed by atoms with van der Waals surface area (Å²) in [6.45, 7) is 0.268. The first-order chi connectivity index (χ1) is 13.0. The number of para-hydroxylation sites is 1. The molecule has 0 saturated carbocycles. The molecule has 0 radical (unpaired) electrons. The van der Waals surface area contributed by atoms with Gasteiger partial charge in [0.1, 0.15) is 0 Å². The van der Waals surface area contributed by atoms with Crippen molar-refractivity contribution in [3.8, 4) is 0 Å². The Morgan fingerprint density at radius 1 is 1.07 bits per heavy atom. The highest BCUT2D eigenvalue weighted by Gasteiger charge is 2.51. The molecule has 0 unspecified atom stereocenters. The number of Topliss-reactive ketones (excluding diaryl/α,β-unsaturated/α-hetero) is 1. The molecule has 0 bridgehead atoms. The van der Waals surface area contributed by atoms with Crippen molar-refractivity contribution in [1.82, 2.24) is 0 Å². The van der Waals surface area contributed by atoms with Crippen LogP contribution < -0.4 is 4.90 Å². The van der Waals surface area contributed by atoms with Crippen molar-refractivity contribution in [2.45, 2.75) is 18.6 Å². The van der Waals surface area contributed by atoms with Crippen LogP contribution in [0.4, 0.5) is 5.69 Å². The van der Waals surface area contributed by atoms with Crippen LogP contribution in [-0.4, -0.2) is 16.8 Å². The highest BCUT2D eigenvalue weighted by molar-refractivity contribution is 6.30. The second-order valence-corrected chi connectivity index (χ2v) is 6.91. The standard InChI is InChI=1S/C21H16ClNO4/c22-15-9-7-14(8-10-15)13-23-17-5-2-1-4-16(17)21(26,20(23)25)12-18(24)19-6-3-11-27-19/h1-11,26H,12-13H2/t21-/m1/s1. The number of halogens is 1. The molecule has 3 aromatic rings. The molecule has 0 aliphatic carbocycles. The van der Waals surface area contributed by atoms with Gasteiger partial charge in [-0.05, 0) is 35.9 Å². The van der Waals surface area contributed by atoms with E-state index in [0.717, 1.165) is 5.56 Å². The van der Waals surface area contributed by atoms with Gasteiger partial charge in [0.25, 0.3) is 5.91 Å². The minimum absolute atomic E-state index is 0.116. The summed E-state index contributed by atoms with van der Waals surface area (Å²) in [4.78, 5) is 27.1. The number of anilines is 1. The van der Waals surface area contributed by atoms with E-state index in [0.29, 0.717) is 16.3 Å². The van der Waals surface area contributed by atoms with Crippen LogP contribution in [0, 0.1) is 0 Å². The third kappa shape index (κ3) is 3.05. The third-order valence-electron chi connectivity index (χ3n) is 4.71. The van der Waals surface area contributed by atoms with Gasteiger partial charge in [0.05, 0.1) is 24.9 Å². The Labute approximate surface area is 160 Å². The molecule has 4 rings (SSSR count). The zero-order chi connectivity index (χ0) is 19.0. The van der Waals surface area contributed by atoms with Crippen molar-refractivity contribution < 1.29 is 19.1 Å². The van der Waals surface area contributed by atoms with Gasteiger partial charge in [0.15, 0.2) is 11.4 Å². The molecule has 1 aliphatic heterocycles. The van der Waals surface area contributed by atoms with Crippen LogP contribution in [0.5, 0.6) is 0 Å². The smallest absolute Gasteiger partial charge is 0.264 e. The van der Waals surface area contributed by atoms with Gasteiger partial charge in [-0.2, -0.15) is 0 Å². The summed E-state index contributed by atoms with van der Waals surface area (Å²) in [7, 11) is 0. The molecule has 1 amide bonds. The second-order valence-electron chi connectivity index (χ2n) is 6.47. The number of furan rings is 1. The quantitative estimate of drug-likeness (QED) is 0.679. The number of rotatable bonds is 5. The Morgan fingerprint density at radius 3 is 2.52 bits per heavy atom. The van der Waals surface area contributed by atoms with Crippen molar-refractivity contribution in [2.75, 3.05) is 4.90 Å². The van der Waals surface area contributed by atoms with E-state index in [9.17, 15) is 14.7 Å². The van der Waals surface area contributed by atoms with Gasteiger partial charge in [0, 0.05) is 10.6 Å². The number of hydrogen-bond donors (Lipinski definition) is 1. The highest BCUT2D eigenvalue weighted by atomic mass is 35.5. The number of fused-ring (bicyclic) bond motifs is 1. The Kier molecular flexibility index (Phi) is 4.34. The summed E-state index contributed by atoms with van der Waals surface area (Å²) in [5, 5.41) is 11.8. The molecule has 2 aromatic carbocycles. The van der Waals surface area contributed by atoms with Gasteiger partial charge in [-0.15, -0.1) is 0 Å². The van der Waals surface area contributed by atoms with Crippen molar-refractivity contribution >= 4 is 29.0 Å². The Morgan fingerprint density at radius 2 is 1.81 bits per heavy atom. The van der Waals surface area contributed by atoms with Gasteiger partial charge >= 0.3 is 0 Å². The van der Waals surface area contributed by atoms with Crippen LogP contribution in [0.25, 0.3) is 0 Å². The first kappa shape index (κ1) is 17.5. The minimum atomic E-state index is -1.92. The first-order valence-electron chi connectivity index (χ1n) is 8.44. The van der Waals surface area contributed by atoms with Gasteiger partial charge in [-0.25, -0.2) is 0 Å². The van der Waals surface area contributed by atoms with Gasteiger partial charge in [0.2, 0.25) is 5.78 Å². The van der Waals surface area contributed by atoms with Crippen LogP contribution in [0.15, 0.2) is 71.3 Å². The van der Waals surface area contributed by atoms with Crippen LogP contribution in [0.1, 0.15) is 28.1 Å². The normalized spacial score (nSPS) is 18.6. The fourth-order valence-corrected chi connectivity index (χ4v) is 3.49. The van der Waals surface area contributed by atoms with Crippen molar-refractivity contribution in [3.63, 3.8) is 0 Å². The zero-order valence-electron chi connectivity index (χ0n) is 14.3. The maximum absolute atomic E-state index is 13.1. The number of nitrogens with zero attached hydrogens (tertiary/aromatic N) is 1. The summed E-state index contributed by atoms with van der Waals surface area (Å²) in [6.07, 6.45) is 1.00. The average molecular weight is 382 g/mol. The molecule has 0 fully saturated rings. The lowest BCUT2D eigenvalue weighted by molar-refractivity contribution is -0.136. The predicted octanol–water partition coefficient (Wildman–Crippen LogP) is 3.94. The molecule has 2 heterocycles. The summed E-state index contributed by atoms with van der Waals surface area (Å²) >= 11 is 5.92. The summed E-state index contributed by atoms with van der Waals surface area (Å²) in [5.74, 6) is -0.845. The number of aliphatic hydroxyl groups is 1. The molecule has 1 aromatic heterocycles. The van der Waals surface area contributed by atoms with E-state index in [1.807, 2.05) is 12.1 Å². The lowest BCUT2D eigenvalue weighted by Gasteiger charge is -2.22. The fourth-order valence-electron chi connectivity index (χ4n) is 3.36. The number of ketones is 1. The van der Waals surface area contributed by atoms with E-state index in [2.05, 4.69) is 0 Å². The Hall–Kier alpha value is -2.89. The maximum atomic E-state index is 13.1. The predicted molar refractivity (Wildman–Crippen MR) is 101 cm³/mol. The number of carbonyl (C=O) groups excluding carboxylic acids is 2. The van der Waals surface area contributed by atoms with Crippen molar-refractivity contribution in [3.05, 3.63) is 88.8 Å². The largest absolute Gasteiger partial charge is 0.461 e. The van der Waals surface area contributed by atoms with E-state index in [4.69, 9.17) is 16.0 Å². The molecule has 136 valence electrons. The molecule has 0 spiro atoms. The summed E-state index contributed by atoms with van der Waals surface area (Å²) in [5.41, 5.74) is -0.0485. The zero-order valence-corrected chi connectivity index (χ0v) is 15.0. The molecule has 1 N–H and O–H groups in total. The van der Waals surface area contributed by atoms with E-state index < -0.39 is 17.3 Å². The number of hydrogen-bond acceptors (Lipinski definition) is 4. The molecule has 1 atom stereocenters. The van der Waals surface area contributed by atoms with Gasteiger partial charge in [-0.1, -0.05) is 41.9 Å². The SMILES string of the molecule is O=C(C[C@]1(O)C(=O)N(Cc2ccc(Cl)cc2)c2ccccc21)c1ccco1. The van der Waals surface area contributed by atoms with E-state index in [-0.39, 0.29) is 18.7 Å². The summed E-state index contributed by atoms with van der Waals surface area (Å²) in [6, 6.07) is 17.2. The fraction of sp³-hybridized carbons (Fsp3) is 0.143. The number of amides is 1. The van der Waals surface area contributed by atoms with E-state index >= 15 is 0 Å². The second kappa shape index (κ2) is 6.68. The summed E-state index contributed by atoms with van der Waals surface area (Å²) < 4.78 is 5.11. The molecule has 27 heavy (non-hydrogen) atoms. The van der Waals surface area contributed by atoms with Gasteiger partial charge in [-0.3, -0.25) is 9.59 Å². The van der Waals surface area contributed by atoms with Gasteiger partial charge < -0.3 is 14.4 Å². The molecule has 1 aliphatic rings. The molecule has 0 saturated heterocycles. The monoisotopic (exact) mass is 381 g/mol. The van der Waals surface area contributed by atoms with Crippen molar-refractivity contribution in [2.24, 2.45) is 0 Å². The third-order valence-corrected chi connectivity index (χ3v) is 4.96. The van der Waals surface area contributed by atoms with Crippen LogP contribution in [0.3, 0.4) is 0 Å². The maximum Gasteiger partial charge on any atom is 0.264 e. The number of carbonyl (C=O) groups is 2. The first-order valence-corrected chi connectivity index (χ1v) is 8.82. The highest BCUT2D eigenvalue weighted by Crippen LogP contribution is 2.43. The Bertz CT molecular complexity index is 997. The lowest BCUT2D eigenvalue weighted by Crippen LogP contribution is -2.41. The van der Waals surface area contributed by atoms with Crippen LogP contribution >= 0.6 is 11.6 Å².